The predicted octanol–water partition coefficient (Wildman–Crippen LogP) is -1.82. The van der Waals surface area contributed by atoms with Crippen molar-refractivity contribution >= 4 is 11.9 Å². The Labute approximate surface area is 117 Å². The van der Waals surface area contributed by atoms with Crippen LogP contribution >= 0.6 is 0 Å². The Morgan fingerprint density at radius 3 is 2.90 bits per heavy atom. The summed E-state index contributed by atoms with van der Waals surface area (Å²) in [7, 11) is 1.96. The van der Waals surface area contributed by atoms with Gasteiger partial charge < -0.3 is 24.8 Å². The van der Waals surface area contributed by atoms with Gasteiger partial charge in [-0.1, -0.05) is 0 Å². The Balaban J connectivity index is 1.74. The molecule has 0 amide bonds. The molecule has 2 N–H and O–H groups in total. The van der Waals surface area contributed by atoms with E-state index in [-0.39, 0.29) is 25.3 Å². The number of carboxylic acid groups (broad SMARTS) is 1. The van der Waals surface area contributed by atoms with Crippen LogP contribution in [-0.2, 0) is 19.1 Å². The number of morpholine rings is 1. The summed E-state index contributed by atoms with van der Waals surface area (Å²) in [4.78, 5) is 26.6. The smallest absolute Gasteiger partial charge is 0.334 e. The maximum absolute atomic E-state index is 11.9. The lowest BCUT2D eigenvalue weighted by Gasteiger charge is -2.32. The molecule has 114 valence electrons. The fourth-order valence-corrected chi connectivity index (χ4v) is 2.28. The molecule has 2 atom stereocenters. The van der Waals surface area contributed by atoms with Crippen molar-refractivity contribution in [3.63, 3.8) is 0 Å². The highest BCUT2D eigenvalue weighted by Crippen LogP contribution is 2.06. The van der Waals surface area contributed by atoms with Crippen molar-refractivity contribution in [2.24, 2.45) is 0 Å². The highest BCUT2D eigenvalue weighted by molar-refractivity contribution is 5.76. The van der Waals surface area contributed by atoms with E-state index in [2.05, 4.69) is 10.2 Å². The number of hydrogen-bond acceptors (Lipinski definition) is 7. The Kier molecular flexibility index (Phi) is 5.30. The van der Waals surface area contributed by atoms with Crippen LogP contribution in [0.3, 0.4) is 0 Å². The molecule has 0 aliphatic carbocycles. The molecule has 2 saturated heterocycles. The fourth-order valence-electron chi connectivity index (χ4n) is 2.28. The molecule has 2 unspecified atom stereocenters. The van der Waals surface area contributed by atoms with Gasteiger partial charge in [-0.25, -0.2) is 4.79 Å². The molecule has 0 spiro atoms. The van der Waals surface area contributed by atoms with E-state index in [1.54, 1.807) is 4.90 Å². The van der Waals surface area contributed by atoms with Crippen LogP contribution < -0.4 is 5.32 Å². The summed E-state index contributed by atoms with van der Waals surface area (Å²) in [5, 5.41) is 12.0. The van der Waals surface area contributed by atoms with Crippen molar-refractivity contribution < 1.29 is 24.2 Å². The second kappa shape index (κ2) is 6.98. The van der Waals surface area contributed by atoms with Gasteiger partial charge in [-0.2, -0.15) is 0 Å². The predicted molar refractivity (Wildman–Crippen MR) is 69.2 cm³/mol. The van der Waals surface area contributed by atoms with Crippen LogP contribution in [-0.4, -0.2) is 92.1 Å². The summed E-state index contributed by atoms with van der Waals surface area (Å²) in [6, 6.07) is -0.315. The minimum atomic E-state index is -0.989. The van der Waals surface area contributed by atoms with Gasteiger partial charge in [-0.15, -0.1) is 0 Å². The molecule has 0 aromatic rings. The maximum Gasteiger partial charge on any atom is 0.334 e. The highest BCUT2D eigenvalue weighted by Gasteiger charge is 2.28. The van der Waals surface area contributed by atoms with Gasteiger partial charge in [0.15, 0.2) is 6.10 Å². The number of ether oxygens (including phenoxy) is 2. The lowest BCUT2D eigenvalue weighted by molar-refractivity contribution is -0.163. The van der Waals surface area contributed by atoms with Gasteiger partial charge in [-0.3, -0.25) is 9.69 Å². The Hall–Kier alpha value is -1.22. The van der Waals surface area contributed by atoms with E-state index in [0.29, 0.717) is 19.7 Å². The largest absolute Gasteiger partial charge is 0.479 e. The SMILES string of the molecule is CN1CCNC(C(=O)OCN2CCOC(C(=O)O)C2)C1. The maximum atomic E-state index is 11.9. The number of likely N-dealkylation sites (N-methyl/N-ethyl adjacent to an activating group) is 1. The number of esters is 1. The summed E-state index contributed by atoms with van der Waals surface area (Å²) < 4.78 is 10.4. The summed E-state index contributed by atoms with van der Waals surface area (Å²) in [6.07, 6.45) is -0.846. The molecule has 2 aliphatic heterocycles. The first kappa shape index (κ1) is 15.2. The average molecular weight is 287 g/mol. The van der Waals surface area contributed by atoms with Crippen molar-refractivity contribution in [3.8, 4) is 0 Å². The standard InChI is InChI=1S/C12H21N3O5/c1-14-3-2-13-9(6-14)12(18)20-8-15-4-5-19-10(7-15)11(16)17/h9-10,13H,2-8H2,1H3,(H,16,17). The minimum Gasteiger partial charge on any atom is -0.479 e. The molecule has 2 aliphatic rings. The zero-order valence-corrected chi connectivity index (χ0v) is 11.6. The van der Waals surface area contributed by atoms with Crippen molar-refractivity contribution in [3.05, 3.63) is 0 Å². The Morgan fingerprint density at radius 2 is 2.20 bits per heavy atom. The van der Waals surface area contributed by atoms with E-state index >= 15 is 0 Å². The third-order valence-electron chi connectivity index (χ3n) is 3.48. The van der Waals surface area contributed by atoms with Crippen molar-refractivity contribution in [1.82, 2.24) is 15.1 Å². The van der Waals surface area contributed by atoms with Crippen molar-refractivity contribution in [2.75, 3.05) is 53.1 Å². The van der Waals surface area contributed by atoms with Crippen LogP contribution in [0, 0.1) is 0 Å². The van der Waals surface area contributed by atoms with Gasteiger partial charge in [0.05, 0.1) is 6.61 Å². The van der Waals surface area contributed by atoms with E-state index in [4.69, 9.17) is 14.6 Å². The highest BCUT2D eigenvalue weighted by atomic mass is 16.6. The molecule has 8 heteroatoms. The summed E-state index contributed by atoms with van der Waals surface area (Å²) in [5.41, 5.74) is 0. The summed E-state index contributed by atoms with van der Waals surface area (Å²) >= 11 is 0. The number of nitrogens with zero attached hydrogens (tertiary/aromatic N) is 2. The van der Waals surface area contributed by atoms with Crippen molar-refractivity contribution in [1.29, 1.82) is 0 Å². The Morgan fingerprint density at radius 1 is 1.40 bits per heavy atom. The first-order chi connectivity index (χ1) is 9.56. The molecule has 20 heavy (non-hydrogen) atoms. The molecular formula is C12H21N3O5. The van der Waals surface area contributed by atoms with Crippen LogP contribution in [0.4, 0.5) is 0 Å². The average Bonchev–Trinajstić information content (AvgIpc) is 2.45. The zero-order chi connectivity index (χ0) is 14.5. The van der Waals surface area contributed by atoms with Gasteiger partial charge in [0.1, 0.15) is 12.8 Å². The monoisotopic (exact) mass is 287 g/mol. The molecule has 0 saturated carbocycles. The molecule has 0 aromatic carbocycles. The number of aliphatic carboxylic acids is 1. The number of carbonyl (C=O) groups is 2. The number of rotatable bonds is 4. The normalized spacial score (nSPS) is 29.1. The van der Waals surface area contributed by atoms with E-state index in [1.165, 1.54) is 0 Å². The molecule has 2 rings (SSSR count). The molecule has 0 aromatic heterocycles. The molecule has 0 radical (unpaired) electrons. The lowest BCUT2D eigenvalue weighted by atomic mass is 10.2. The van der Waals surface area contributed by atoms with Gasteiger partial charge >= 0.3 is 11.9 Å². The third kappa shape index (κ3) is 4.14. The lowest BCUT2D eigenvalue weighted by Crippen LogP contribution is -2.54. The number of piperazine rings is 1. The van der Waals surface area contributed by atoms with Crippen LogP contribution in [0.15, 0.2) is 0 Å². The van der Waals surface area contributed by atoms with Gasteiger partial charge in [0, 0.05) is 32.7 Å². The van der Waals surface area contributed by atoms with Gasteiger partial charge in [-0.05, 0) is 7.05 Å². The van der Waals surface area contributed by atoms with E-state index in [9.17, 15) is 9.59 Å². The second-order valence-electron chi connectivity index (χ2n) is 5.14. The summed E-state index contributed by atoms with van der Waals surface area (Å²) in [6.45, 7) is 3.53. The number of carbonyl (C=O) groups excluding carboxylic acids is 1. The molecule has 2 heterocycles. The van der Waals surface area contributed by atoms with E-state index in [1.807, 2.05) is 7.05 Å². The van der Waals surface area contributed by atoms with E-state index in [0.717, 1.165) is 13.1 Å². The second-order valence-corrected chi connectivity index (χ2v) is 5.14. The van der Waals surface area contributed by atoms with Crippen LogP contribution in [0.2, 0.25) is 0 Å². The van der Waals surface area contributed by atoms with Crippen LogP contribution in [0.1, 0.15) is 0 Å². The van der Waals surface area contributed by atoms with E-state index < -0.39 is 12.1 Å². The van der Waals surface area contributed by atoms with Gasteiger partial charge in [0.25, 0.3) is 0 Å². The quantitative estimate of drug-likeness (QED) is 0.584. The van der Waals surface area contributed by atoms with Crippen LogP contribution in [0.5, 0.6) is 0 Å². The van der Waals surface area contributed by atoms with Crippen molar-refractivity contribution in [2.45, 2.75) is 12.1 Å². The number of hydrogen-bond donors (Lipinski definition) is 2. The minimum absolute atomic E-state index is 0.105. The molecular weight excluding hydrogens is 266 g/mol. The van der Waals surface area contributed by atoms with Crippen LogP contribution in [0.25, 0.3) is 0 Å². The molecule has 0 bridgehead atoms. The summed E-state index contributed by atoms with van der Waals surface area (Å²) in [5.74, 6) is -1.29. The zero-order valence-electron chi connectivity index (χ0n) is 11.6. The first-order valence-electron chi connectivity index (χ1n) is 6.71. The molecule has 8 nitrogen and oxygen atoms in total. The van der Waals surface area contributed by atoms with Gasteiger partial charge in [0.2, 0.25) is 0 Å². The number of nitrogens with one attached hydrogen (secondary N) is 1. The Bertz CT molecular complexity index is 365. The molecule has 2 fully saturated rings. The first-order valence-corrected chi connectivity index (χ1v) is 6.71. The topological polar surface area (TPSA) is 91.3 Å². The third-order valence-corrected chi connectivity index (χ3v) is 3.48. The number of carboxylic acids is 1. The fraction of sp³-hybridized carbons (Fsp3) is 0.833.